The van der Waals surface area contributed by atoms with E-state index < -0.39 is 0 Å². The van der Waals surface area contributed by atoms with Gasteiger partial charge >= 0.3 is 5.97 Å². The molecule has 0 aromatic rings. The molecule has 0 aliphatic carbocycles. The van der Waals surface area contributed by atoms with Crippen LogP contribution in [0, 0.1) is 5.92 Å². The highest BCUT2D eigenvalue weighted by molar-refractivity contribution is 5.71. The van der Waals surface area contributed by atoms with Crippen LogP contribution in [0.3, 0.4) is 0 Å². The third-order valence-corrected chi connectivity index (χ3v) is 1.51. The number of hydrogen-bond acceptors (Lipinski definition) is 3. The lowest BCUT2D eigenvalue weighted by atomic mass is 10.1. The molecule has 1 rings (SSSR count). The molecule has 3 nitrogen and oxygen atoms in total. The summed E-state index contributed by atoms with van der Waals surface area (Å²) < 4.78 is 4.72. The molecule has 0 amide bonds. The number of hydrogen-bond donors (Lipinski definition) is 1. The molecule has 1 saturated heterocycles. The van der Waals surface area contributed by atoms with Gasteiger partial charge in [0.15, 0.2) is 0 Å². The van der Waals surface area contributed by atoms with E-state index in [1.165, 1.54) is 0 Å². The number of ether oxygens (including phenoxy) is 1. The normalized spacial score (nSPS) is 26.3. The maximum absolute atomic E-state index is 10.5. The first-order valence-electron chi connectivity index (χ1n) is 3.18. The van der Waals surface area contributed by atoms with Crippen LogP contribution >= 0.6 is 0 Å². The van der Waals surface area contributed by atoms with Crippen LogP contribution in [0.1, 0.15) is 12.8 Å². The van der Waals surface area contributed by atoms with Gasteiger partial charge in [-0.3, -0.25) is 4.79 Å². The van der Waals surface area contributed by atoms with Gasteiger partial charge in [0, 0.05) is 5.92 Å². The van der Waals surface area contributed by atoms with Crippen molar-refractivity contribution in [2.24, 2.45) is 11.7 Å². The zero-order valence-electron chi connectivity index (χ0n) is 5.30. The number of esters is 1. The minimum atomic E-state index is -0.0755. The topological polar surface area (TPSA) is 52.3 Å². The summed E-state index contributed by atoms with van der Waals surface area (Å²) in [7, 11) is 0. The van der Waals surface area contributed by atoms with Crippen LogP contribution in [0.15, 0.2) is 0 Å². The first-order valence-corrected chi connectivity index (χ1v) is 3.18. The zero-order valence-corrected chi connectivity index (χ0v) is 5.30. The fraction of sp³-hybridized carbons (Fsp3) is 0.833. The smallest absolute Gasteiger partial charge is 0.306 e. The minimum absolute atomic E-state index is 0.0755. The first kappa shape index (κ1) is 6.55. The Morgan fingerprint density at radius 2 is 2.56 bits per heavy atom. The summed E-state index contributed by atoms with van der Waals surface area (Å²) in [5, 5.41) is 0. The molecule has 0 aromatic heterocycles. The number of carbonyl (C=O) groups is 1. The third-order valence-electron chi connectivity index (χ3n) is 1.51. The molecule has 0 aromatic carbocycles. The highest BCUT2D eigenvalue weighted by Crippen LogP contribution is 2.15. The van der Waals surface area contributed by atoms with E-state index in [9.17, 15) is 4.79 Å². The van der Waals surface area contributed by atoms with E-state index >= 15 is 0 Å². The molecular weight excluding hydrogens is 118 g/mol. The van der Waals surface area contributed by atoms with Crippen molar-refractivity contribution in [2.45, 2.75) is 12.8 Å². The molecule has 1 unspecified atom stereocenters. The average molecular weight is 129 g/mol. The lowest BCUT2D eigenvalue weighted by Gasteiger charge is -1.99. The molecule has 2 N–H and O–H groups in total. The quantitative estimate of drug-likeness (QED) is 0.529. The molecule has 1 fully saturated rings. The van der Waals surface area contributed by atoms with Gasteiger partial charge in [0.1, 0.15) is 0 Å². The van der Waals surface area contributed by atoms with Crippen molar-refractivity contribution in [2.75, 3.05) is 13.2 Å². The molecule has 1 aliphatic heterocycles. The predicted molar refractivity (Wildman–Crippen MR) is 32.7 cm³/mol. The molecule has 3 heteroatoms. The summed E-state index contributed by atoms with van der Waals surface area (Å²) >= 11 is 0. The molecule has 9 heavy (non-hydrogen) atoms. The van der Waals surface area contributed by atoms with Crippen molar-refractivity contribution in [3.8, 4) is 0 Å². The Bertz CT molecular complexity index is 114. The van der Waals surface area contributed by atoms with Gasteiger partial charge in [0.2, 0.25) is 0 Å². The Balaban J connectivity index is 2.22. The Kier molecular flexibility index (Phi) is 2.05. The SMILES string of the molecule is NCCC1COC(=O)C1. The van der Waals surface area contributed by atoms with Crippen molar-refractivity contribution >= 4 is 5.97 Å². The molecule has 1 atom stereocenters. The van der Waals surface area contributed by atoms with Gasteiger partial charge in [-0.25, -0.2) is 0 Å². The van der Waals surface area contributed by atoms with Crippen LogP contribution in [0.25, 0.3) is 0 Å². The van der Waals surface area contributed by atoms with Crippen LogP contribution in [0.4, 0.5) is 0 Å². The number of carbonyl (C=O) groups excluding carboxylic acids is 1. The van der Waals surface area contributed by atoms with E-state index in [2.05, 4.69) is 0 Å². The van der Waals surface area contributed by atoms with Gasteiger partial charge < -0.3 is 10.5 Å². The lowest BCUT2D eigenvalue weighted by molar-refractivity contribution is -0.137. The van der Waals surface area contributed by atoms with Gasteiger partial charge in [-0.1, -0.05) is 0 Å². The molecular formula is C6H11NO2. The second kappa shape index (κ2) is 2.82. The fourth-order valence-electron chi connectivity index (χ4n) is 0.985. The van der Waals surface area contributed by atoms with E-state index in [0.29, 0.717) is 25.5 Å². The monoisotopic (exact) mass is 129 g/mol. The van der Waals surface area contributed by atoms with Crippen molar-refractivity contribution < 1.29 is 9.53 Å². The maximum atomic E-state index is 10.5. The molecule has 52 valence electrons. The van der Waals surface area contributed by atoms with Crippen LogP contribution in [-0.4, -0.2) is 19.1 Å². The molecule has 1 aliphatic rings. The Labute approximate surface area is 54.2 Å². The Morgan fingerprint density at radius 3 is 3.00 bits per heavy atom. The Hall–Kier alpha value is -0.570. The second-order valence-electron chi connectivity index (χ2n) is 2.33. The number of cyclic esters (lactones) is 1. The van der Waals surface area contributed by atoms with Crippen LogP contribution < -0.4 is 5.73 Å². The third kappa shape index (κ3) is 1.68. The van der Waals surface area contributed by atoms with Gasteiger partial charge in [-0.2, -0.15) is 0 Å². The molecule has 0 radical (unpaired) electrons. The molecule has 1 heterocycles. The molecule has 0 bridgehead atoms. The zero-order chi connectivity index (χ0) is 6.69. The summed E-state index contributed by atoms with van der Waals surface area (Å²) in [5.74, 6) is 0.316. The molecule has 0 saturated carbocycles. The average Bonchev–Trinajstić information content (AvgIpc) is 2.17. The first-order chi connectivity index (χ1) is 4.33. The van der Waals surface area contributed by atoms with Gasteiger partial charge in [-0.15, -0.1) is 0 Å². The van der Waals surface area contributed by atoms with Crippen molar-refractivity contribution in [3.63, 3.8) is 0 Å². The largest absolute Gasteiger partial charge is 0.465 e. The number of rotatable bonds is 2. The van der Waals surface area contributed by atoms with Crippen molar-refractivity contribution in [1.29, 1.82) is 0 Å². The lowest BCUT2D eigenvalue weighted by Crippen LogP contribution is -2.07. The van der Waals surface area contributed by atoms with Crippen molar-refractivity contribution in [1.82, 2.24) is 0 Å². The maximum Gasteiger partial charge on any atom is 0.306 e. The second-order valence-corrected chi connectivity index (χ2v) is 2.33. The van der Waals surface area contributed by atoms with Gasteiger partial charge in [-0.05, 0) is 13.0 Å². The van der Waals surface area contributed by atoms with E-state index in [-0.39, 0.29) is 5.97 Å². The van der Waals surface area contributed by atoms with E-state index in [1.54, 1.807) is 0 Å². The van der Waals surface area contributed by atoms with E-state index in [4.69, 9.17) is 10.5 Å². The number of nitrogens with two attached hydrogens (primary N) is 1. The minimum Gasteiger partial charge on any atom is -0.465 e. The van der Waals surface area contributed by atoms with Gasteiger partial charge in [0.25, 0.3) is 0 Å². The standard InChI is InChI=1S/C6H11NO2/c7-2-1-5-3-6(8)9-4-5/h5H,1-4,7H2. The Morgan fingerprint density at radius 1 is 1.78 bits per heavy atom. The highest BCUT2D eigenvalue weighted by Gasteiger charge is 2.22. The molecule has 0 spiro atoms. The van der Waals surface area contributed by atoms with Crippen molar-refractivity contribution in [3.05, 3.63) is 0 Å². The van der Waals surface area contributed by atoms with Crippen LogP contribution in [0.2, 0.25) is 0 Å². The van der Waals surface area contributed by atoms with E-state index in [0.717, 1.165) is 6.42 Å². The summed E-state index contributed by atoms with van der Waals surface area (Å²) in [6.45, 7) is 1.23. The summed E-state index contributed by atoms with van der Waals surface area (Å²) in [5.41, 5.74) is 5.29. The predicted octanol–water partition coefficient (Wildman–Crippen LogP) is -0.102. The fourth-order valence-corrected chi connectivity index (χ4v) is 0.985. The summed E-state index contributed by atoms with van der Waals surface area (Å²) in [4.78, 5) is 10.5. The van der Waals surface area contributed by atoms with Crippen LogP contribution in [0.5, 0.6) is 0 Å². The van der Waals surface area contributed by atoms with Crippen LogP contribution in [-0.2, 0) is 9.53 Å². The summed E-state index contributed by atoms with van der Waals surface area (Å²) in [6.07, 6.45) is 1.48. The van der Waals surface area contributed by atoms with E-state index in [1.807, 2.05) is 0 Å². The van der Waals surface area contributed by atoms with Gasteiger partial charge in [0.05, 0.1) is 13.0 Å². The highest BCUT2D eigenvalue weighted by atomic mass is 16.5. The summed E-state index contributed by atoms with van der Waals surface area (Å²) in [6, 6.07) is 0.